The SMILES string of the molecule is Cc1sc2nc(-c3cccc4ccccc34)[nH]c(=O)c2c1C. The van der Waals surface area contributed by atoms with Crippen molar-refractivity contribution in [2.45, 2.75) is 13.8 Å². The Kier molecular flexibility index (Phi) is 2.87. The summed E-state index contributed by atoms with van der Waals surface area (Å²) in [5, 5.41) is 2.95. The van der Waals surface area contributed by atoms with Crippen molar-refractivity contribution in [2.75, 3.05) is 0 Å². The summed E-state index contributed by atoms with van der Waals surface area (Å²) in [5.41, 5.74) is 1.92. The predicted molar refractivity (Wildman–Crippen MR) is 92.7 cm³/mol. The van der Waals surface area contributed by atoms with E-state index < -0.39 is 0 Å². The maximum Gasteiger partial charge on any atom is 0.260 e. The summed E-state index contributed by atoms with van der Waals surface area (Å²) < 4.78 is 0. The maximum absolute atomic E-state index is 12.5. The van der Waals surface area contributed by atoms with Gasteiger partial charge in [-0.3, -0.25) is 4.79 Å². The molecule has 0 fully saturated rings. The number of nitrogens with one attached hydrogen (secondary N) is 1. The van der Waals surface area contributed by atoms with Gasteiger partial charge in [-0.25, -0.2) is 4.98 Å². The normalized spacial score (nSPS) is 11.4. The highest BCUT2D eigenvalue weighted by atomic mass is 32.1. The second-order valence-electron chi connectivity index (χ2n) is 5.40. The summed E-state index contributed by atoms with van der Waals surface area (Å²) in [6.07, 6.45) is 0. The molecule has 2 aromatic carbocycles. The number of aromatic amines is 1. The van der Waals surface area contributed by atoms with E-state index in [1.807, 2.05) is 38.1 Å². The van der Waals surface area contributed by atoms with E-state index >= 15 is 0 Å². The summed E-state index contributed by atoms with van der Waals surface area (Å²) in [6, 6.07) is 14.2. The van der Waals surface area contributed by atoms with Crippen molar-refractivity contribution in [1.29, 1.82) is 0 Å². The van der Waals surface area contributed by atoms with Gasteiger partial charge in [0.05, 0.1) is 5.39 Å². The minimum atomic E-state index is -0.0604. The summed E-state index contributed by atoms with van der Waals surface area (Å²) in [4.78, 5) is 22.1. The van der Waals surface area contributed by atoms with Crippen LogP contribution in [0.5, 0.6) is 0 Å². The number of hydrogen-bond acceptors (Lipinski definition) is 3. The van der Waals surface area contributed by atoms with Crippen molar-refractivity contribution in [3.63, 3.8) is 0 Å². The van der Waals surface area contributed by atoms with E-state index in [-0.39, 0.29) is 5.56 Å². The fourth-order valence-corrected chi connectivity index (χ4v) is 3.84. The van der Waals surface area contributed by atoms with Crippen molar-refractivity contribution in [3.05, 3.63) is 63.3 Å². The van der Waals surface area contributed by atoms with Gasteiger partial charge in [0, 0.05) is 10.4 Å². The molecular formula is C18H14N2OS. The highest BCUT2D eigenvalue weighted by molar-refractivity contribution is 7.18. The van der Waals surface area contributed by atoms with Crippen LogP contribution < -0.4 is 5.56 Å². The Morgan fingerprint density at radius 1 is 1.05 bits per heavy atom. The van der Waals surface area contributed by atoms with Gasteiger partial charge in [0.2, 0.25) is 0 Å². The molecular weight excluding hydrogens is 292 g/mol. The number of hydrogen-bond donors (Lipinski definition) is 1. The molecule has 0 saturated heterocycles. The molecule has 2 heterocycles. The molecule has 0 spiro atoms. The number of benzene rings is 2. The maximum atomic E-state index is 12.5. The zero-order valence-electron chi connectivity index (χ0n) is 12.3. The highest BCUT2D eigenvalue weighted by Gasteiger charge is 2.13. The quantitative estimate of drug-likeness (QED) is 0.566. The molecule has 4 rings (SSSR count). The van der Waals surface area contributed by atoms with Crippen LogP contribution in [0.25, 0.3) is 32.4 Å². The number of aromatic nitrogens is 2. The summed E-state index contributed by atoms with van der Waals surface area (Å²) in [5.74, 6) is 0.635. The Hall–Kier alpha value is -2.46. The molecule has 0 bridgehead atoms. The van der Waals surface area contributed by atoms with E-state index in [2.05, 4.69) is 23.2 Å². The topological polar surface area (TPSA) is 45.8 Å². The van der Waals surface area contributed by atoms with E-state index in [9.17, 15) is 4.79 Å². The lowest BCUT2D eigenvalue weighted by atomic mass is 10.0. The van der Waals surface area contributed by atoms with Gasteiger partial charge in [0.25, 0.3) is 5.56 Å². The molecule has 0 aliphatic carbocycles. The Balaban J connectivity index is 2.07. The van der Waals surface area contributed by atoms with E-state index in [4.69, 9.17) is 4.98 Å². The molecule has 0 amide bonds. The highest BCUT2D eigenvalue weighted by Crippen LogP contribution is 2.30. The minimum Gasteiger partial charge on any atom is -0.306 e. The standard InChI is InChI=1S/C18H14N2OS/c1-10-11(2)22-18-15(10)17(21)19-16(20-18)14-9-5-7-12-6-3-4-8-13(12)14/h3-9H,1-2H3,(H,19,20,21). The molecule has 0 unspecified atom stereocenters. The Morgan fingerprint density at radius 2 is 1.82 bits per heavy atom. The second kappa shape index (κ2) is 4.78. The van der Waals surface area contributed by atoms with E-state index in [1.54, 1.807) is 11.3 Å². The summed E-state index contributed by atoms with van der Waals surface area (Å²) in [6.45, 7) is 4.00. The lowest BCUT2D eigenvalue weighted by Gasteiger charge is -2.06. The number of fused-ring (bicyclic) bond motifs is 2. The average Bonchev–Trinajstić information content (AvgIpc) is 2.81. The molecule has 1 N–H and O–H groups in total. The van der Waals surface area contributed by atoms with Crippen LogP contribution in [0.15, 0.2) is 47.3 Å². The van der Waals surface area contributed by atoms with Crippen LogP contribution in [0.4, 0.5) is 0 Å². The van der Waals surface area contributed by atoms with Crippen LogP contribution in [-0.4, -0.2) is 9.97 Å². The monoisotopic (exact) mass is 306 g/mol. The molecule has 108 valence electrons. The zero-order chi connectivity index (χ0) is 15.3. The molecule has 0 atom stereocenters. The third kappa shape index (κ3) is 1.88. The number of thiophene rings is 1. The first-order valence-corrected chi connectivity index (χ1v) is 7.95. The van der Waals surface area contributed by atoms with Gasteiger partial charge in [0.15, 0.2) is 0 Å². The third-order valence-electron chi connectivity index (χ3n) is 4.08. The Bertz CT molecular complexity index is 1070. The first kappa shape index (κ1) is 13.2. The minimum absolute atomic E-state index is 0.0604. The summed E-state index contributed by atoms with van der Waals surface area (Å²) >= 11 is 1.58. The number of H-pyrrole nitrogens is 1. The van der Waals surface area contributed by atoms with Gasteiger partial charge < -0.3 is 4.98 Å². The molecule has 0 saturated carbocycles. The molecule has 4 heteroatoms. The van der Waals surface area contributed by atoms with Crippen LogP contribution in [-0.2, 0) is 0 Å². The smallest absolute Gasteiger partial charge is 0.260 e. The largest absolute Gasteiger partial charge is 0.306 e. The van der Waals surface area contributed by atoms with Gasteiger partial charge >= 0.3 is 0 Å². The van der Waals surface area contributed by atoms with Gasteiger partial charge in [-0.15, -0.1) is 11.3 Å². The van der Waals surface area contributed by atoms with Gasteiger partial charge in [-0.05, 0) is 30.2 Å². The lowest BCUT2D eigenvalue weighted by Crippen LogP contribution is -2.09. The molecule has 4 aromatic rings. The number of rotatable bonds is 1. The van der Waals surface area contributed by atoms with Crippen molar-refractivity contribution in [3.8, 4) is 11.4 Å². The number of nitrogens with zero attached hydrogens (tertiary/aromatic N) is 1. The third-order valence-corrected chi connectivity index (χ3v) is 5.18. The van der Waals surface area contributed by atoms with Gasteiger partial charge in [-0.2, -0.15) is 0 Å². The second-order valence-corrected chi connectivity index (χ2v) is 6.61. The van der Waals surface area contributed by atoms with Crippen molar-refractivity contribution in [1.82, 2.24) is 9.97 Å². The van der Waals surface area contributed by atoms with E-state index in [0.717, 1.165) is 31.6 Å². The van der Waals surface area contributed by atoms with Crippen LogP contribution in [0.1, 0.15) is 10.4 Å². The average molecular weight is 306 g/mol. The fourth-order valence-electron chi connectivity index (χ4n) is 2.81. The lowest BCUT2D eigenvalue weighted by molar-refractivity contribution is 1.19. The van der Waals surface area contributed by atoms with Gasteiger partial charge in [-0.1, -0.05) is 42.5 Å². The van der Waals surface area contributed by atoms with Crippen molar-refractivity contribution in [2.24, 2.45) is 0 Å². The van der Waals surface area contributed by atoms with Crippen LogP contribution in [0.3, 0.4) is 0 Å². The molecule has 0 radical (unpaired) electrons. The number of aryl methyl sites for hydroxylation is 2. The summed E-state index contributed by atoms with van der Waals surface area (Å²) in [7, 11) is 0. The van der Waals surface area contributed by atoms with Crippen LogP contribution >= 0.6 is 11.3 Å². The fraction of sp³-hybridized carbons (Fsp3) is 0.111. The van der Waals surface area contributed by atoms with Crippen molar-refractivity contribution < 1.29 is 0 Å². The molecule has 0 aliphatic heterocycles. The molecule has 2 aromatic heterocycles. The van der Waals surface area contributed by atoms with Crippen molar-refractivity contribution >= 4 is 32.3 Å². The first-order valence-electron chi connectivity index (χ1n) is 7.13. The first-order chi connectivity index (χ1) is 10.6. The van der Waals surface area contributed by atoms with Crippen LogP contribution in [0.2, 0.25) is 0 Å². The van der Waals surface area contributed by atoms with Crippen LogP contribution in [0, 0.1) is 13.8 Å². The van der Waals surface area contributed by atoms with E-state index in [1.165, 1.54) is 0 Å². The Labute approximate surface area is 131 Å². The predicted octanol–water partition coefficient (Wildman–Crippen LogP) is 4.42. The molecule has 22 heavy (non-hydrogen) atoms. The van der Waals surface area contributed by atoms with E-state index in [0.29, 0.717) is 11.2 Å². The zero-order valence-corrected chi connectivity index (χ0v) is 13.1. The Morgan fingerprint density at radius 3 is 2.68 bits per heavy atom. The molecule has 0 aliphatic rings. The van der Waals surface area contributed by atoms with Gasteiger partial charge in [0.1, 0.15) is 10.7 Å². The molecule has 3 nitrogen and oxygen atoms in total.